The van der Waals surface area contributed by atoms with Gasteiger partial charge in [0.15, 0.2) is 0 Å². The van der Waals surface area contributed by atoms with Crippen molar-refractivity contribution in [1.82, 2.24) is 0 Å². The third-order valence-corrected chi connectivity index (χ3v) is 4.79. The van der Waals surface area contributed by atoms with Crippen molar-refractivity contribution < 1.29 is 9.47 Å². The molecule has 0 aromatic heterocycles. The van der Waals surface area contributed by atoms with Crippen LogP contribution in [0.4, 0.5) is 11.4 Å². The smallest absolute Gasteiger partial charge is 0.142 e. The van der Waals surface area contributed by atoms with Crippen LogP contribution in [0.25, 0.3) is 0 Å². The first-order valence-corrected chi connectivity index (χ1v) is 9.64. The molecule has 2 N–H and O–H groups in total. The summed E-state index contributed by atoms with van der Waals surface area (Å²) in [7, 11) is 0. The Hall–Kier alpha value is -2.36. The Kier molecular flexibility index (Phi) is 6.64. The van der Waals surface area contributed by atoms with Crippen LogP contribution in [0.15, 0.2) is 48.5 Å². The number of anilines is 2. The van der Waals surface area contributed by atoms with Gasteiger partial charge in [0.25, 0.3) is 0 Å². The molecule has 0 radical (unpaired) electrons. The molecule has 3 rings (SSSR count). The predicted molar refractivity (Wildman–Crippen MR) is 108 cm³/mol. The largest absolute Gasteiger partial charge is 0.491 e. The zero-order valence-corrected chi connectivity index (χ0v) is 15.8. The third-order valence-electron chi connectivity index (χ3n) is 4.79. The molecule has 0 aliphatic carbocycles. The minimum Gasteiger partial charge on any atom is -0.491 e. The highest BCUT2D eigenvalue weighted by Gasteiger charge is 2.10. The summed E-state index contributed by atoms with van der Waals surface area (Å²) in [5.41, 5.74) is 2.15. The number of para-hydroxylation sites is 4. The molecule has 1 heterocycles. The van der Waals surface area contributed by atoms with Gasteiger partial charge in [-0.1, -0.05) is 38.1 Å². The second kappa shape index (κ2) is 9.37. The van der Waals surface area contributed by atoms with Crippen LogP contribution in [0, 0.1) is 11.8 Å². The monoisotopic (exact) mass is 354 g/mol. The predicted octanol–water partition coefficient (Wildman–Crippen LogP) is 5.03. The number of rotatable bonds is 0. The first kappa shape index (κ1) is 18.4. The molecule has 2 aromatic rings. The van der Waals surface area contributed by atoms with E-state index in [4.69, 9.17) is 9.47 Å². The molecule has 0 spiro atoms. The second-order valence-electron chi connectivity index (χ2n) is 7.24. The maximum absolute atomic E-state index is 6.05. The van der Waals surface area contributed by atoms with Crippen molar-refractivity contribution in [2.24, 2.45) is 11.8 Å². The Balaban J connectivity index is 1.70. The lowest BCUT2D eigenvalue weighted by atomic mass is 10.1. The third kappa shape index (κ3) is 5.32. The van der Waals surface area contributed by atoms with Crippen LogP contribution in [0.5, 0.6) is 11.5 Å². The molecule has 140 valence electrons. The van der Waals surface area contributed by atoms with Crippen molar-refractivity contribution >= 4 is 11.4 Å². The lowest BCUT2D eigenvalue weighted by molar-refractivity contribution is 0.283. The van der Waals surface area contributed by atoms with E-state index in [9.17, 15) is 0 Å². The van der Waals surface area contributed by atoms with Crippen LogP contribution >= 0.6 is 0 Å². The molecule has 0 saturated carbocycles. The molecular formula is C22H30N2O2. The Morgan fingerprint density at radius 2 is 1.12 bits per heavy atom. The van der Waals surface area contributed by atoms with Gasteiger partial charge < -0.3 is 20.1 Å². The molecule has 4 heteroatoms. The number of benzene rings is 2. The lowest BCUT2D eigenvalue weighted by Crippen LogP contribution is -2.18. The molecule has 2 aromatic carbocycles. The van der Waals surface area contributed by atoms with E-state index in [2.05, 4.69) is 36.6 Å². The Morgan fingerprint density at radius 1 is 0.692 bits per heavy atom. The SMILES string of the molecule is CC1CCOc2ccccc2NCC(C)CCOc2ccccc2NC1. The first-order valence-electron chi connectivity index (χ1n) is 9.64. The molecule has 1 aliphatic heterocycles. The van der Waals surface area contributed by atoms with Crippen LogP contribution in [0.3, 0.4) is 0 Å². The highest BCUT2D eigenvalue weighted by atomic mass is 16.5. The topological polar surface area (TPSA) is 42.5 Å². The van der Waals surface area contributed by atoms with Gasteiger partial charge in [-0.05, 0) is 48.9 Å². The van der Waals surface area contributed by atoms with E-state index in [1.807, 2.05) is 36.4 Å². The number of hydrogen-bond donors (Lipinski definition) is 2. The van der Waals surface area contributed by atoms with Gasteiger partial charge in [-0.2, -0.15) is 0 Å². The Labute approximate surface area is 156 Å². The Bertz CT molecular complexity index is 630. The van der Waals surface area contributed by atoms with Gasteiger partial charge in [-0.15, -0.1) is 0 Å². The number of fused-ring (bicyclic) bond motifs is 2. The van der Waals surface area contributed by atoms with Gasteiger partial charge >= 0.3 is 0 Å². The van der Waals surface area contributed by atoms with Crippen LogP contribution in [0.2, 0.25) is 0 Å². The van der Waals surface area contributed by atoms with E-state index in [1.165, 1.54) is 0 Å². The van der Waals surface area contributed by atoms with Crippen LogP contribution in [-0.2, 0) is 0 Å². The van der Waals surface area contributed by atoms with Gasteiger partial charge in [-0.3, -0.25) is 0 Å². The molecule has 26 heavy (non-hydrogen) atoms. The van der Waals surface area contributed by atoms with Gasteiger partial charge in [-0.25, -0.2) is 0 Å². The molecule has 0 saturated heterocycles. The quantitative estimate of drug-likeness (QED) is 0.696. The van der Waals surface area contributed by atoms with Crippen LogP contribution in [-0.4, -0.2) is 26.3 Å². The highest BCUT2D eigenvalue weighted by Crippen LogP contribution is 2.27. The zero-order valence-electron chi connectivity index (χ0n) is 15.8. The fourth-order valence-electron chi connectivity index (χ4n) is 2.99. The molecule has 4 nitrogen and oxygen atoms in total. The molecule has 1 aliphatic rings. The van der Waals surface area contributed by atoms with Crippen molar-refractivity contribution in [3.63, 3.8) is 0 Å². The molecule has 0 fully saturated rings. The summed E-state index contributed by atoms with van der Waals surface area (Å²) in [5.74, 6) is 2.90. The molecule has 0 bridgehead atoms. The first-order chi connectivity index (χ1) is 12.7. The summed E-state index contributed by atoms with van der Waals surface area (Å²) in [6.45, 7) is 7.73. The zero-order chi connectivity index (χ0) is 18.2. The normalized spacial score (nSPS) is 21.8. The van der Waals surface area contributed by atoms with E-state index in [0.717, 1.165) is 62.0 Å². The van der Waals surface area contributed by atoms with Gasteiger partial charge in [0.1, 0.15) is 11.5 Å². The van der Waals surface area contributed by atoms with Crippen LogP contribution in [0.1, 0.15) is 26.7 Å². The van der Waals surface area contributed by atoms with E-state index < -0.39 is 0 Å². The number of nitrogens with one attached hydrogen (secondary N) is 2. The van der Waals surface area contributed by atoms with Crippen LogP contribution < -0.4 is 20.1 Å². The molecule has 2 atom stereocenters. The van der Waals surface area contributed by atoms with Gasteiger partial charge in [0.05, 0.1) is 24.6 Å². The Morgan fingerprint density at radius 3 is 1.58 bits per heavy atom. The number of ether oxygens (including phenoxy) is 2. The summed E-state index contributed by atoms with van der Waals surface area (Å²) in [6.07, 6.45) is 2.00. The summed E-state index contributed by atoms with van der Waals surface area (Å²) in [4.78, 5) is 0. The van der Waals surface area contributed by atoms with Crippen molar-refractivity contribution in [3.8, 4) is 11.5 Å². The van der Waals surface area contributed by atoms with E-state index in [1.54, 1.807) is 0 Å². The summed E-state index contributed by atoms with van der Waals surface area (Å²) < 4.78 is 12.1. The van der Waals surface area contributed by atoms with Crippen molar-refractivity contribution in [2.75, 3.05) is 36.9 Å². The highest BCUT2D eigenvalue weighted by molar-refractivity contribution is 5.57. The maximum atomic E-state index is 6.05. The van der Waals surface area contributed by atoms with E-state index in [-0.39, 0.29) is 0 Å². The van der Waals surface area contributed by atoms with Crippen molar-refractivity contribution in [1.29, 1.82) is 0 Å². The molecule has 2 unspecified atom stereocenters. The number of hydrogen-bond acceptors (Lipinski definition) is 4. The van der Waals surface area contributed by atoms with Crippen molar-refractivity contribution in [3.05, 3.63) is 48.5 Å². The fourth-order valence-corrected chi connectivity index (χ4v) is 2.99. The van der Waals surface area contributed by atoms with Crippen molar-refractivity contribution in [2.45, 2.75) is 26.7 Å². The average molecular weight is 354 g/mol. The minimum atomic E-state index is 0.510. The van der Waals surface area contributed by atoms with Gasteiger partial charge in [0.2, 0.25) is 0 Å². The standard InChI is InChI=1S/C22H30N2O2/c1-17-11-13-25-22-10-6-4-8-20(22)24-16-18(2)12-14-26-21-9-5-3-7-19(21)23-15-17/h3-10,17-18,23-24H,11-16H2,1-2H3. The second-order valence-corrected chi connectivity index (χ2v) is 7.24. The average Bonchev–Trinajstić information content (AvgIpc) is 2.66. The summed E-state index contributed by atoms with van der Waals surface area (Å²) >= 11 is 0. The molecular weight excluding hydrogens is 324 g/mol. The molecule has 0 amide bonds. The van der Waals surface area contributed by atoms with E-state index >= 15 is 0 Å². The van der Waals surface area contributed by atoms with Gasteiger partial charge in [0, 0.05) is 13.1 Å². The minimum absolute atomic E-state index is 0.510. The fraction of sp³-hybridized carbons (Fsp3) is 0.455. The lowest BCUT2D eigenvalue weighted by Gasteiger charge is -2.20. The maximum Gasteiger partial charge on any atom is 0.142 e. The van der Waals surface area contributed by atoms with E-state index in [0.29, 0.717) is 11.8 Å². The summed E-state index contributed by atoms with van der Waals surface area (Å²) in [5, 5.41) is 7.06. The summed E-state index contributed by atoms with van der Waals surface area (Å²) in [6, 6.07) is 16.4.